The molecule has 3 rings (SSSR count). The third-order valence-electron chi connectivity index (χ3n) is 4.43. The van der Waals surface area contributed by atoms with E-state index in [1.165, 1.54) is 5.56 Å². The summed E-state index contributed by atoms with van der Waals surface area (Å²) in [6.45, 7) is 2.92. The third-order valence-corrected chi connectivity index (χ3v) is 4.66. The molecule has 0 aromatic heterocycles. The first-order chi connectivity index (χ1) is 13.0. The van der Waals surface area contributed by atoms with Crippen molar-refractivity contribution in [1.29, 1.82) is 0 Å². The Morgan fingerprint density at radius 2 is 1.96 bits per heavy atom. The van der Waals surface area contributed by atoms with Crippen LogP contribution in [0.3, 0.4) is 0 Å². The maximum Gasteiger partial charge on any atom is 0.227 e. The second kappa shape index (κ2) is 8.91. The van der Waals surface area contributed by atoms with Crippen LogP contribution in [-0.4, -0.2) is 31.0 Å². The van der Waals surface area contributed by atoms with Crippen molar-refractivity contribution < 1.29 is 14.3 Å². The van der Waals surface area contributed by atoms with Gasteiger partial charge in [0.2, 0.25) is 11.8 Å². The van der Waals surface area contributed by atoms with Crippen LogP contribution in [0.5, 0.6) is 5.75 Å². The number of hydrogen-bond acceptors (Lipinski definition) is 3. The number of nitrogens with one attached hydrogen (secondary N) is 1. The van der Waals surface area contributed by atoms with Crippen LogP contribution in [-0.2, 0) is 16.0 Å². The second-order valence-corrected chi connectivity index (χ2v) is 7.07. The minimum Gasteiger partial charge on any atom is -0.487 e. The summed E-state index contributed by atoms with van der Waals surface area (Å²) in [5.74, 6) is 0.414. The van der Waals surface area contributed by atoms with E-state index in [4.69, 9.17) is 16.3 Å². The summed E-state index contributed by atoms with van der Waals surface area (Å²) in [5.41, 5.74) is 1.83. The van der Waals surface area contributed by atoms with Crippen molar-refractivity contribution >= 4 is 29.1 Å². The van der Waals surface area contributed by atoms with Gasteiger partial charge >= 0.3 is 0 Å². The Kier molecular flexibility index (Phi) is 6.35. The molecule has 0 bridgehead atoms. The predicted octanol–water partition coefficient (Wildman–Crippen LogP) is 3.59. The zero-order valence-corrected chi connectivity index (χ0v) is 16.0. The van der Waals surface area contributed by atoms with E-state index < -0.39 is 0 Å². The SMILES string of the molecule is C[C@H]1CN(C(=O)CCC(=O)NCCc2ccccc2)c2cc(Cl)ccc2O1. The van der Waals surface area contributed by atoms with Crippen molar-refractivity contribution in [2.75, 3.05) is 18.0 Å². The highest BCUT2D eigenvalue weighted by atomic mass is 35.5. The molecule has 0 unspecified atom stereocenters. The molecule has 2 amide bonds. The van der Waals surface area contributed by atoms with E-state index in [9.17, 15) is 9.59 Å². The molecule has 1 heterocycles. The minimum atomic E-state index is -0.119. The maximum atomic E-state index is 12.7. The number of carbonyl (C=O) groups is 2. The summed E-state index contributed by atoms with van der Waals surface area (Å²) in [4.78, 5) is 26.4. The first-order valence-corrected chi connectivity index (χ1v) is 9.48. The maximum absolute atomic E-state index is 12.7. The molecule has 27 heavy (non-hydrogen) atoms. The van der Waals surface area contributed by atoms with Gasteiger partial charge in [0, 0.05) is 24.4 Å². The molecule has 1 atom stereocenters. The number of halogens is 1. The third kappa shape index (κ3) is 5.23. The fourth-order valence-electron chi connectivity index (χ4n) is 3.08. The van der Waals surface area contributed by atoms with E-state index in [1.807, 2.05) is 37.3 Å². The van der Waals surface area contributed by atoms with Gasteiger partial charge in [0.15, 0.2) is 0 Å². The summed E-state index contributed by atoms with van der Waals surface area (Å²) >= 11 is 6.06. The fourth-order valence-corrected chi connectivity index (χ4v) is 3.25. The lowest BCUT2D eigenvalue weighted by atomic mass is 10.1. The number of amides is 2. The molecule has 0 radical (unpaired) electrons. The van der Waals surface area contributed by atoms with Crippen LogP contribution in [0.4, 0.5) is 5.69 Å². The van der Waals surface area contributed by atoms with Gasteiger partial charge in [0.05, 0.1) is 12.2 Å². The van der Waals surface area contributed by atoms with Crippen molar-refractivity contribution in [3.05, 3.63) is 59.1 Å². The smallest absolute Gasteiger partial charge is 0.227 e. The Labute approximate surface area is 164 Å². The number of hydrogen-bond donors (Lipinski definition) is 1. The Morgan fingerprint density at radius 3 is 2.74 bits per heavy atom. The van der Waals surface area contributed by atoms with Crippen molar-refractivity contribution in [3.8, 4) is 5.75 Å². The standard InChI is InChI=1S/C21H23ClN2O3/c1-15-14-24(18-13-17(22)7-8-19(18)27-15)21(26)10-9-20(25)23-12-11-16-5-3-2-4-6-16/h2-8,13,15H,9-12,14H2,1H3,(H,23,25)/t15-/m0/s1. The van der Waals surface area contributed by atoms with Crippen LogP contribution in [0.2, 0.25) is 5.02 Å². The topological polar surface area (TPSA) is 58.6 Å². The van der Waals surface area contributed by atoms with Crippen LogP contribution in [0.1, 0.15) is 25.3 Å². The molecule has 2 aromatic rings. The van der Waals surface area contributed by atoms with Gasteiger partial charge in [-0.15, -0.1) is 0 Å². The molecule has 0 fully saturated rings. The molecular weight excluding hydrogens is 364 g/mol. The van der Waals surface area contributed by atoms with Gasteiger partial charge in [-0.3, -0.25) is 9.59 Å². The summed E-state index contributed by atoms with van der Waals surface area (Å²) in [6, 6.07) is 15.2. The molecule has 0 aliphatic carbocycles. The van der Waals surface area contributed by atoms with Gasteiger partial charge in [-0.2, -0.15) is 0 Å². The number of nitrogens with zero attached hydrogens (tertiary/aromatic N) is 1. The van der Waals surface area contributed by atoms with Gasteiger partial charge in [0.1, 0.15) is 11.9 Å². The number of carbonyl (C=O) groups excluding carboxylic acids is 2. The molecule has 6 heteroatoms. The fraction of sp³-hybridized carbons (Fsp3) is 0.333. The Morgan fingerprint density at radius 1 is 1.19 bits per heavy atom. The molecule has 142 valence electrons. The Bertz CT molecular complexity index is 810. The summed E-state index contributed by atoms with van der Waals surface area (Å²) in [5, 5.41) is 3.42. The van der Waals surface area contributed by atoms with E-state index in [0.29, 0.717) is 29.5 Å². The van der Waals surface area contributed by atoms with Crippen LogP contribution in [0, 0.1) is 0 Å². The van der Waals surface area contributed by atoms with E-state index in [1.54, 1.807) is 23.1 Å². The number of ether oxygens (including phenoxy) is 1. The van der Waals surface area contributed by atoms with E-state index in [-0.39, 0.29) is 30.8 Å². The van der Waals surface area contributed by atoms with Crippen molar-refractivity contribution in [1.82, 2.24) is 5.32 Å². The van der Waals surface area contributed by atoms with Crippen LogP contribution in [0.15, 0.2) is 48.5 Å². The highest BCUT2D eigenvalue weighted by Crippen LogP contribution is 2.36. The molecule has 1 aliphatic heterocycles. The van der Waals surface area contributed by atoms with E-state index >= 15 is 0 Å². The molecule has 1 aliphatic rings. The summed E-state index contributed by atoms with van der Waals surface area (Å²) in [7, 11) is 0. The van der Waals surface area contributed by atoms with Gasteiger partial charge in [0.25, 0.3) is 0 Å². The van der Waals surface area contributed by atoms with Gasteiger partial charge in [-0.1, -0.05) is 41.9 Å². The Hall–Kier alpha value is -2.53. The quantitative estimate of drug-likeness (QED) is 0.825. The van der Waals surface area contributed by atoms with Gasteiger partial charge in [-0.05, 0) is 37.1 Å². The average Bonchev–Trinajstić information content (AvgIpc) is 2.66. The van der Waals surface area contributed by atoms with Crippen LogP contribution in [0.25, 0.3) is 0 Å². The lowest BCUT2D eigenvalue weighted by Gasteiger charge is -2.33. The van der Waals surface area contributed by atoms with Crippen LogP contribution >= 0.6 is 11.6 Å². The van der Waals surface area contributed by atoms with Gasteiger partial charge in [-0.25, -0.2) is 0 Å². The van der Waals surface area contributed by atoms with Crippen molar-refractivity contribution in [2.45, 2.75) is 32.3 Å². The first kappa shape index (κ1) is 19.2. The van der Waals surface area contributed by atoms with E-state index in [2.05, 4.69) is 5.32 Å². The first-order valence-electron chi connectivity index (χ1n) is 9.10. The molecule has 0 saturated carbocycles. The number of anilines is 1. The average molecular weight is 387 g/mol. The van der Waals surface area contributed by atoms with Crippen molar-refractivity contribution in [2.24, 2.45) is 0 Å². The molecule has 5 nitrogen and oxygen atoms in total. The zero-order chi connectivity index (χ0) is 19.2. The monoisotopic (exact) mass is 386 g/mol. The summed E-state index contributed by atoms with van der Waals surface area (Å²) < 4.78 is 5.76. The predicted molar refractivity (Wildman–Crippen MR) is 106 cm³/mol. The highest BCUT2D eigenvalue weighted by molar-refractivity contribution is 6.31. The molecule has 1 N–H and O–H groups in total. The van der Waals surface area contributed by atoms with Crippen molar-refractivity contribution in [3.63, 3.8) is 0 Å². The highest BCUT2D eigenvalue weighted by Gasteiger charge is 2.27. The van der Waals surface area contributed by atoms with Crippen LogP contribution < -0.4 is 15.0 Å². The lowest BCUT2D eigenvalue weighted by molar-refractivity contribution is -0.125. The normalized spacial score (nSPS) is 15.6. The van der Waals surface area contributed by atoms with Gasteiger partial charge < -0.3 is 15.0 Å². The molecule has 2 aromatic carbocycles. The number of fused-ring (bicyclic) bond motifs is 1. The zero-order valence-electron chi connectivity index (χ0n) is 15.3. The molecular formula is C21H23ClN2O3. The molecule has 0 saturated heterocycles. The lowest BCUT2D eigenvalue weighted by Crippen LogP contribution is -2.42. The summed E-state index contributed by atoms with van der Waals surface area (Å²) in [6.07, 6.45) is 0.973. The number of rotatable bonds is 6. The number of benzene rings is 2. The largest absolute Gasteiger partial charge is 0.487 e. The molecule has 0 spiro atoms. The minimum absolute atomic E-state index is 0.105. The Balaban J connectivity index is 1.50. The second-order valence-electron chi connectivity index (χ2n) is 6.63. The van der Waals surface area contributed by atoms with E-state index in [0.717, 1.165) is 6.42 Å².